The number of halogens is 2. The van der Waals surface area contributed by atoms with Crippen molar-refractivity contribution < 1.29 is 19.2 Å². The lowest BCUT2D eigenvalue weighted by Gasteiger charge is -2.14. The Morgan fingerprint density at radius 1 is 1.18 bits per heavy atom. The van der Waals surface area contributed by atoms with E-state index in [-0.39, 0.29) is 27.1 Å². The standard InChI is InChI=1S/C22H20Cl2N4O5/c1-12-4-6-15(7-5-12)11-27-20(24)19(13(2)26-27)22(30)33-14(3)21(29)25-18-10-16(28(31)32)8-9-17(18)23/h4-10,14H,11H2,1-3H3,(H,25,29). The van der Waals surface area contributed by atoms with Crippen LogP contribution in [0.4, 0.5) is 11.4 Å². The summed E-state index contributed by atoms with van der Waals surface area (Å²) in [5, 5.41) is 17.9. The number of nitro groups is 1. The molecule has 9 nitrogen and oxygen atoms in total. The summed E-state index contributed by atoms with van der Waals surface area (Å²) in [4.78, 5) is 35.5. The molecule has 0 aliphatic rings. The molecule has 172 valence electrons. The lowest BCUT2D eigenvalue weighted by Crippen LogP contribution is -2.30. The maximum Gasteiger partial charge on any atom is 0.343 e. The number of anilines is 1. The highest BCUT2D eigenvalue weighted by molar-refractivity contribution is 6.34. The average Bonchev–Trinajstić information content (AvgIpc) is 3.03. The van der Waals surface area contributed by atoms with Gasteiger partial charge in [-0.1, -0.05) is 53.0 Å². The van der Waals surface area contributed by atoms with Gasteiger partial charge in [-0.2, -0.15) is 5.10 Å². The number of rotatable bonds is 7. The van der Waals surface area contributed by atoms with E-state index in [2.05, 4.69) is 10.4 Å². The van der Waals surface area contributed by atoms with Crippen molar-refractivity contribution in [3.63, 3.8) is 0 Å². The summed E-state index contributed by atoms with van der Waals surface area (Å²) >= 11 is 12.4. The zero-order valence-electron chi connectivity index (χ0n) is 18.0. The molecule has 0 saturated heterocycles. The van der Waals surface area contributed by atoms with Gasteiger partial charge in [0.05, 0.1) is 27.9 Å². The molecule has 0 radical (unpaired) electrons. The monoisotopic (exact) mass is 490 g/mol. The van der Waals surface area contributed by atoms with Crippen LogP contribution in [-0.2, 0) is 16.1 Å². The van der Waals surface area contributed by atoms with Crippen LogP contribution in [-0.4, -0.2) is 32.7 Å². The number of non-ortho nitro benzene ring substituents is 1. The van der Waals surface area contributed by atoms with Crippen molar-refractivity contribution in [3.8, 4) is 0 Å². The Morgan fingerprint density at radius 2 is 1.85 bits per heavy atom. The van der Waals surface area contributed by atoms with E-state index >= 15 is 0 Å². The maximum atomic E-state index is 12.7. The first-order valence-corrected chi connectivity index (χ1v) is 10.6. The Balaban J connectivity index is 1.71. The maximum absolute atomic E-state index is 12.7. The Hall–Kier alpha value is -3.43. The van der Waals surface area contributed by atoms with Gasteiger partial charge < -0.3 is 10.1 Å². The van der Waals surface area contributed by atoms with Crippen LogP contribution in [0.15, 0.2) is 42.5 Å². The van der Waals surface area contributed by atoms with Crippen molar-refractivity contribution in [1.82, 2.24) is 9.78 Å². The minimum absolute atomic E-state index is 0.0268. The molecule has 1 N–H and O–H groups in total. The molecule has 0 aliphatic carbocycles. The van der Waals surface area contributed by atoms with Gasteiger partial charge in [-0.05, 0) is 32.4 Å². The smallest absolute Gasteiger partial charge is 0.343 e. The lowest BCUT2D eigenvalue weighted by atomic mass is 10.1. The number of hydrogen-bond donors (Lipinski definition) is 1. The number of carbonyl (C=O) groups is 2. The number of ether oxygens (including phenoxy) is 1. The highest BCUT2D eigenvalue weighted by atomic mass is 35.5. The number of benzene rings is 2. The summed E-state index contributed by atoms with van der Waals surface area (Å²) in [6.45, 7) is 5.31. The molecule has 0 saturated carbocycles. The number of esters is 1. The quantitative estimate of drug-likeness (QED) is 0.284. The predicted molar refractivity (Wildman–Crippen MR) is 124 cm³/mol. The minimum atomic E-state index is -1.23. The van der Waals surface area contributed by atoms with Crippen LogP contribution in [0, 0.1) is 24.0 Å². The Labute approximate surface area is 199 Å². The van der Waals surface area contributed by atoms with Crippen molar-refractivity contribution in [3.05, 3.63) is 85.1 Å². The number of nitrogens with zero attached hydrogens (tertiary/aromatic N) is 3. The number of carbonyl (C=O) groups excluding carboxylic acids is 2. The molecule has 0 aliphatic heterocycles. The van der Waals surface area contributed by atoms with Crippen LogP contribution < -0.4 is 5.32 Å². The molecule has 11 heteroatoms. The van der Waals surface area contributed by atoms with Crippen molar-refractivity contribution in [2.75, 3.05) is 5.32 Å². The molecular weight excluding hydrogens is 471 g/mol. The molecule has 33 heavy (non-hydrogen) atoms. The van der Waals surface area contributed by atoms with Crippen LogP contribution in [0.5, 0.6) is 0 Å². The summed E-state index contributed by atoms with van der Waals surface area (Å²) in [5.74, 6) is -1.54. The Kier molecular flexibility index (Phi) is 7.35. The molecular formula is C22H20Cl2N4O5. The predicted octanol–water partition coefficient (Wildman–Crippen LogP) is 4.95. The first kappa shape index (κ1) is 24.2. The van der Waals surface area contributed by atoms with Gasteiger partial charge in [-0.3, -0.25) is 14.9 Å². The van der Waals surface area contributed by atoms with Crippen LogP contribution >= 0.6 is 23.2 Å². The van der Waals surface area contributed by atoms with Gasteiger partial charge in [0.2, 0.25) is 0 Å². The van der Waals surface area contributed by atoms with E-state index < -0.39 is 22.9 Å². The zero-order chi connectivity index (χ0) is 24.3. The van der Waals surface area contributed by atoms with Gasteiger partial charge in [0.25, 0.3) is 11.6 Å². The molecule has 2 aromatic carbocycles. The first-order valence-electron chi connectivity index (χ1n) is 9.81. The van der Waals surface area contributed by atoms with E-state index in [1.807, 2.05) is 31.2 Å². The second-order valence-electron chi connectivity index (χ2n) is 7.35. The summed E-state index contributed by atoms with van der Waals surface area (Å²) in [6.07, 6.45) is -1.23. The van der Waals surface area contributed by atoms with E-state index in [1.165, 1.54) is 23.7 Å². The van der Waals surface area contributed by atoms with Crippen LogP contribution in [0.25, 0.3) is 0 Å². The minimum Gasteiger partial charge on any atom is -0.449 e. The van der Waals surface area contributed by atoms with Crippen LogP contribution in [0.3, 0.4) is 0 Å². The third-order valence-electron chi connectivity index (χ3n) is 4.79. The third kappa shape index (κ3) is 5.68. The first-order chi connectivity index (χ1) is 15.6. The normalized spacial score (nSPS) is 11.7. The highest BCUT2D eigenvalue weighted by Gasteiger charge is 2.26. The number of amides is 1. The van der Waals surface area contributed by atoms with Gasteiger partial charge in [-0.15, -0.1) is 0 Å². The fourth-order valence-corrected chi connectivity index (χ4v) is 3.46. The third-order valence-corrected chi connectivity index (χ3v) is 5.51. The largest absolute Gasteiger partial charge is 0.449 e. The fourth-order valence-electron chi connectivity index (χ4n) is 2.99. The molecule has 0 fully saturated rings. The van der Waals surface area contributed by atoms with Gasteiger partial charge in [0.1, 0.15) is 10.7 Å². The number of aryl methyl sites for hydroxylation is 2. The molecule has 1 heterocycles. The van der Waals surface area contributed by atoms with Gasteiger partial charge in [0.15, 0.2) is 6.10 Å². The topological polar surface area (TPSA) is 116 Å². The average molecular weight is 491 g/mol. The van der Waals surface area contributed by atoms with Crippen molar-refractivity contribution in [1.29, 1.82) is 0 Å². The number of hydrogen-bond acceptors (Lipinski definition) is 6. The van der Waals surface area contributed by atoms with Crippen molar-refractivity contribution in [2.45, 2.75) is 33.4 Å². The zero-order valence-corrected chi connectivity index (χ0v) is 19.5. The van der Waals surface area contributed by atoms with Crippen LogP contribution in [0.2, 0.25) is 10.2 Å². The molecule has 3 rings (SSSR count). The SMILES string of the molecule is Cc1ccc(Cn2nc(C)c(C(=O)OC(C)C(=O)Nc3cc([N+](=O)[O-])ccc3Cl)c2Cl)cc1. The van der Waals surface area contributed by atoms with Gasteiger partial charge >= 0.3 is 5.97 Å². The second kappa shape index (κ2) is 10.0. The van der Waals surface area contributed by atoms with Gasteiger partial charge in [0, 0.05) is 12.1 Å². The Bertz CT molecular complexity index is 1220. The summed E-state index contributed by atoms with van der Waals surface area (Å²) in [7, 11) is 0. The second-order valence-corrected chi connectivity index (χ2v) is 8.12. The fraction of sp³-hybridized carbons (Fsp3) is 0.227. The molecule has 0 bridgehead atoms. The lowest BCUT2D eigenvalue weighted by molar-refractivity contribution is -0.384. The number of nitrogens with one attached hydrogen (secondary N) is 1. The van der Waals surface area contributed by atoms with Crippen molar-refractivity contribution in [2.24, 2.45) is 0 Å². The Morgan fingerprint density at radius 3 is 2.48 bits per heavy atom. The number of nitro benzene ring substituents is 1. The molecule has 1 atom stereocenters. The van der Waals surface area contributed by atoms with E-state index in [9.17, 15) is 19.7 Å². The highest BCUT2D eigenvalue weighted by Crippen LogP contribution is 2.27. The summed E-state index contributed by atoms with van der Waals surface area (Å²) < 4.78 is 6.74. The molecule has 1 unspecified atom stereocenters. The van der Waals surface area contributed by atoms with Crippen LogP contribution in [0.1, 0.15) is 34.1 Å². The van der Waals surface area contributed by atoms with E-state index in [0.29, 0.717) is 12.2 Å². The van der Waals surface area contributed by atoms with E-state index in [1.54, 1.807) is 6.92 Å². The molecule has 1 aromatic heterocycles. The molecule has 3 aromatic rings. The van der Waals surface area contributed by atoms with E-state index in [4.69, 9.17) is 27.9 Å². The van der Waals surface area contributed by atoms with Gasteiger partial charge in [-0.25, -0.2) is 9.48 Å². The molecule has 0 spiro atoms. The van der Waals surface area contributed by atoms with E-state index in [0.717, 1.165) is 17.2 Å². The van der Waals surface area contributed by atoms with Crippen molar-refractivity contribution >= 4 is 46.5 Å². The number of aromatic nitrogens is 2. The summed E-state index contributed by atoms with van der Waals surface area (Å²) in [5.41, 5.74) is 2.25. The summed E-state index contributed by atoms with van der Waals surface area (Å²) in [6, 6.07) is 11.4. The molecule has 1 amide bonds.